The van der Waals surface area contributed by atoms with E-state index in [4.69, 9.17) is 0 Å². The quantitative estimate of drug-likeness (QED) is 0.654. The molecule has 4 rings (SSSR count). The van der Waals surface area contributed by atoms with Crippen LogP contribution in [0.3, 0.4) is 0 Å². The zero-order chi connectivity index (χ0) is 16.9. The molecule has 0 heterocycles. The molecule has 0 aromatic heterocycles. The van der Waals surface area contributed by atoms with Crippen LogP contribution in [0.5, 0.6) is 0 Å². The fraction of sp³-hybridized carbons (Fsp3) is 0.955. The summed E-state index contributed by atoms with van der Waals surface area (Å²) in [6.07, 6.45) is 13.7. The number of nitriles is 1. The molecule has 8 atom stereocenters. The maximum absolute atomic E-state index is 10.5. The molecular formula is C22H35NO. The van der Waals surface area contributed by atoms with E-state index in [2.05, 4.69) is 19.9 Å². The van der Waals surface area contributed by atoms with Crippen molar-refractivity contribution >= 4 is 0 Å². The van der Waals surface area contributed by atoms with Gasteiger partial charge in [-0.3, -0.25) is 0 Å². The van der Waals surface area contributed by atoms with Crippen LogP contribution in [0.15, 0.2) is 0 Å². The summed E-state index contributed by atoms with van der Waals surface area (Å²) in [4.78, 5) is 0. The predicted molar refractivity (Wildman–Crippen MR) is 96.1 cm³/mol. The highest BCUT2D eigenvalue weighted by Crippen LogP contribution is 2.62. The molecule has 0 amide bonds. The van der Waals surface area contributed by atoms with E-state index in [1.165, 1.54) is 51.4 Å². The molecule has 0 aliphatic heterocycles. The van der Waals surface area contributed by atoms with Crippen LogP contribution >= 0.6 is 0 Å². The Balaban J connectivity index is 1.58. The fourth-order valence-corrected chi connectivity index (χ4v) is 7.66. The van der Waals surface area contributed by atoms with Crippen molar-refractivity contribution in [1.82, 2.24) is 0 Å². The van der Waals surface area contributed by atoms with Crippen molar-refractivity contribution in [1.29, 1.82) is 5.26 Å². The lowest BCUT2D eigenvalue weighted by Gasteiger charge is -2.58. The van der Waals surface area contributed by atoms with Gasteiger partial charge in [0.2, 0.25) is 0 Å². The fourth-order valence-electron chi connectivity index (χ4n) is 7.66. The summed E-state index contributed by atoms with van der Waals surface area (Å²) in [5, 5.41) is 20.3. The van der Waals surface area contributed by atoms with E-state index >= 15 is 0 Å². The van der Waals surface area contributed by atoms with Gasteiger partial charge in [0.25, 0.3) is 0 Å². The largest absolute Gasteiger partial charge is 0.390 e. The normalized spacial score (nSPS) is 54.6. The van der Waals surface area contributed by atoms with E-state index in [9.17, 15) is 10.4 Å². The van der Waals surface area contributed by atoms with E-state index in [0.717, 1.165) is 48.9 Å². The Hall–Kier alpha value is -0.550. The van der Waals surface area contributed by atoms with Crippen LogP contribution in [0.4, 0.5) is 0 Å². The maximum Gasteiger partial charge on any atom is 0.0661 e. The van der Waals surface area contributed by atoms with Gasteiger partial charge in [-0.25, -0.2) is 0 Å². The van der Waals surface area contributed by atoms with Crippen molar-refractivity contribution in [2.45, 2.75) is 90.1 Å². The van der Waals surface area contributed by atoms with Crippen molar-refractivity contribution in [3.05, 3.63) is 0 Å². The Labute approximate surface area is 148 Å². The highest BCUT2D eigenvalue weighted by atomic mass is 16.3. The van der Waals surface area contributed by atoms with Gasteiger partial charge in [-0.05, 0) is 99.7 Å². The second-order valence-corrected chi connectivity index (χ2v) is 10.2. The zero-order valence-electron chi connectivity index (χ0n) is 15.6. The van der Waals surface area contributed by atoms with Gasteiger partial charge in [0.05, 0.1) is 17.6 Å². The monoisotopic (exact) mass is 329 g/mol. The molecule has 0 radical (unpaired) electrons. The summed E-state index contributed by atoms with van der Waals surface area (Å²) in [6, 6.07) is 2.71. The minimum Gasteiger partial charge on any atom is -0.390 e. The Morgan fingerprint density at radius 1 is 0.875 bits per heavy atom. The Morgan fingerprint density at radius 3 is 2.42 bits per heavy atom. The van der Waals surface area contributed by atoms with Crippen LogP contribution in [0.2, 0.25) is 0 Å². The second-order valence-electron chi connectivity index (χ2n) is 10.2. The zero-order valence-corrected chi connectivity index (χ0v) is 15.6. The molecule has 0 bridgehead atoms. The van der Waals surface area contributed by atoms with Crippen molar-refractivity contribution in [2.75, 3.05) is 0 Å². The van der Waals surface area contributed by atoms with Crippen molar-refractivity contribution in [3.8, 4) is 6.07 Å². The Kier molecular flexibility index (Phi) is 4.23. The average molecular weight is 330 g/mol. The molecule has 0 aromatic rings. The molecule has 0 saturated heterocycles. The third kappa shape index (κ3) is 2.63. The van der Waals surface area contributed by atoms with Crippen LogP contribution in [0.1, 0.15) is 84.5 Å². The number of hydrogen-bond donors (Lipinski definition) is 1. The SMILES string of the molecule is C[C@@]1(O)CC[C@H]2[C@H](CC[C@@H]3[C@@H]2CC[C@]2(C)[C@H](C#N)CCCC[C@@H]32)C1. The summed E-state index contributed by atoms with van der Waals surface area (Å²) >= 11 is 0. The van der Waals surface area contributed by atoms with Gasteiger partial charge in [0, 0.05) is 0 Å². The lowest BCUT2D eigenvalue weighted by atomic mass is 9.47. The molecular weight excluding hydrogens is 294 g/mol. The Morgan fingerprint density at radius 2 is 1.62 bits per heavy atom. The van der Waals surface area contributed by atoms with Gasteiger partial charge in [-0.1, -0.05) is 19.8 Å². The van der Waals surface area contributed by atoms with Crippen molar-refractivity contribution in [2.24, 2.45) is 40.9 Å². The molecule has 2 nitrogen and oxygen atoms in total. The third-order valence-corrected chi connectivity index (χ3v) is 8.88. The summed E-state index contributed by atoms with van der Waals surface area (Å²) in [7, 11) is 0. The molecule has 0 spiro atoms. The summed E-state index contributed by atoms with van der Waals surface area (Å²) in [6.45, 7) is 4.51. The molecule has 0 unspecified atom stereocenters. The van der Waals surface area contributed by atoms with E-state index < -0.39 is 5.60 Å². The highest BCUT2D eigenvalue weighted by molar-refractivity contribution is 5.08. The first kappa shape index (κ1) is 16.9. The first-order valence-electron chi connectivity index (χ1n) is 10.6. The minimum atomic E-state index is -0.411. The molecule has 4 saturated carbocycles. The van der Waals surface area contributed by atoms with Crippen molar-refractivity contribution in [3.63, 3.8) is 0 Å². The number of aliphatic hydroxyl groups is 1. The Bertz CT molecular complexity index is 521. The second kappa shape index (κ2) is 6.01. The van der Waals surface area contributed by atoms with Crippen LogP contribution in [0, 0.1) is 52.3 Å². The first-order chi connectivity index (χ1) is 11.4. The standard InChI is InChI=1S/C22H35NO/c1-21(24)11-9-17-15(13-21)7-8-19-18(17)10-12-22(2)16(14-23)5-3-4-6-20(19)22/h15-20,24H,3-13H2,1-2H3/t15-,16+,17+,18-,19-,20+,21-,22-/m1/s1. The highest BCUT2D eigenvalue weighted by Gasteiger charge is 2.55. The van der Waals surface area contributed by atoms with E-state index in [1.54, 1.807) is 0 Å². The molecule has 4 aliphatic carbocycles. The number of hydrogen-bond acceptors (Lipinski definition) is 2. The average Bonchev–Trinajstić information content (AvgIpc) is 2.71. The lowest BCUT2D eigenvalue weighted by molar-refractivity contribution is -0.108. The summed E-state index contributed by atoms with van der Waals surface area (Å²) in [5.74, 6) is 4.44. The molecule has 134 valence electrons. The molecule has 0 aromatic carbocycles. The number of fused-ring (bicyclic) bond motifs is 5. The van der Waals surface area contributed by atoms with Gasteiger partial charge >= 0.3 is 0 Å². The maximum atomic E-state index is 10.5. The van der Waals surface area contributed by atoms with Gasteiger partial charge in [0.15, 0.2) is 0 Å². The minimum absolute atomic E-state index is 0.277. The molecule has 1 N–H and O–H groups in total. The van der Waals surface area contributed by atoms with Gasteiger partial charge < -0.3 is 5.11 Å². The summed E-state index contributed by atoms with van der Waals surface area (Å²) < 4.78 is 0. The smallest absolute Gasteiger partial charge is 0.0661 e. The van der Waals surface area contributed by atoms with E-state index in [0.29, 0.717) is 0 Å². The molecule has 4 fully saturated rings. The first-order valence-corrected chi connectivity index (χ1v) is 10.6. The van der Waals surface area contributed by atoms with Gasteiger partial charge in [0.1, 0.15) is 0 Å². The summed E-state index contributed by atoms with van der Waals surface area (Å²) in [5.41, 5.74) is -0.134. The van der Waals surface area contributed by atoms with Crippen LogP contribution in [-0.2, 0) is 0 Å². The molecule has 24 heavy (non-hydrogen) atoms. The topological polar surface area (TPSA) is 44.0 Å². The van der Waals surface area contributed by atoms with Crippen LogP contribution < -0.4 is 0 Å². The van der Waals surface area contributed by atoms with Crippen LogP contribution in [-0.4, -0.2) is 10.7 Å². The molecule has 4 aliphatic rings. The van der Waals surface area contributed by atoms with E-state index in [1.807, 2.05) is 0 Å². The van der Waals surface area contributed by atoms with Crippen LogP contribution in [0.25, 0.3) is 0 Å². The number of nitrogens with zero attached hydrogens (tertiary/aromatic N) is 1. The van der Waals surface area contributed by atoms with Gasteiger partial charge in [-0.15, -0.1) is 0 Å². The van der Waals surface area contributed by atoms with Crippen molar-refractivity contribution < 1.29 is 5.11 Å². The predicted octanol–water partition coefficient (Wildman–Crippen LogP) is 5.31. The number of rotatable bonds is 0. The third-order valence-electron chi connectivity index (χ3n) is 8.88. The van der Waals surface area contributed by atoms with Gasteiger partial charge in [-0.2, -0.15) is 5.26 Å². The lowest BCUT2D eigenvalue weighted by Crippen LogP contribution is -2.52. The van der Waals surface area contributed by atoms with E-state index in [-0.39, 0.29) is 11.3 Å². The molecule has 2 heteroatoms.